The van der Waals surface area contributed by atoms with Gasteiger partial charge < -0.3 is 146 Å². The van der Waals surface area contributed by atoms with Crippen molar-refractivity contribution in [2.45, 2.75) is 313 Å². The minimum Gasteiger partial charge on any atom is -0.492 e. The molecule has 6 fully saturated rings. The van der Waals surface area contributed by atoms with Gasteiger partial charge in [-0.3, -0.25) is 33.6 Å². The lowest BCUT2D eigenvalue weighted by molar-refractivity contribution is -0.343. The van der Waals surface area contributed by atoms with E-state index in [1.807, 2.05) is 42.5 Å². The smallest absolute Gasteiger partial charge is 0.407 e. The Morgan fingerprint density at radius 1 is 0.754 bits per heavy atom. The Morgan fingerprint density at radius 3 is 2.01 bits per heavy atom. The molecule has 4 unspecified atom stereocenters. The fourth-order valence-electron chi connectivity index (χ4n) is 18.7. The number of rotatable bonds is 43. The third kappa shape index (κ3) is 28.9. The van der Waals surface area contributed by atoms with Gasteiger partial charge in [-0.2, -0.15) is 5.48 Å². The molecule has 0 spiro atoms. The van der Waals surface area contributed by atoms with Crippen LogP contribution in [0.5, 0.6) is 17.2 Å². The second kappa shape index (κ2) is 53.2. The number of carbonyl (C=O) groups is 10. The molecule has 142 heavy (non-hydrogen) atoms. The third-order valence-electron chi connectivity index (χ3n) is 26.2. The summed E-state index contributed by atoms with van der Waals surface area (Å²) in [7, 11) is 9.85. The van der Waals surface area contributed by atoms with Crippen molar-refractivity contribution in [3.63, 3.8) is 0 Å². The Balaban J connectivity index is 0.879. The third-order valence-corrected chi connectivity index (χ3v) is 32.1. The molecular weight excluding hydrogens is 2020 g/mol. The van der Waals surface area contributed by atoms with Gasteiger partial charge in [-0.05, 0) is 168 Å². The van der Waals surface area contributed by atoms with Gasteiger partial charge in [0.2, 0.25) is 40.8 Å². The summed E-state index contributed by atoms with van der Waals surface area (Å²) in [6.45, 7) is 26.8. The molecule has 9 rings (SSSR count). The zero-order chi connectivity index (χ0) is 105. The van der Waals surface area contributed by atoms with E-state index in [0.29, 0.717) is 62.3 Å². The number of aliphatic hydroxyl groups excluding tert-OH is 4. The zero-order valence-electron chi connectivity index (χ0n) is 84.1. The van der Waals surface area contributed by atoms with Gasteiger partial charge in [0.15, 0.2) is 36.2 Å². The summed E-state index contributed by atoms with van der Waals surface area (Å²) in [6, 6.07) is 5.36. The monoisotopic (exact) mass is 2160 g/mol. The number of thioether (sulfide) groups is 1. The molecule has 41 nitrogen and oxygen atoms in total. The number of nitrogens with two attached hydrogens (primary N) is 2. The lowest BCUT2D eigenvalue weighted by Crippen LogP contribution is -2.67. The lowest BCUT2D eigenvalue weighted by atomic mass is 9.52. The molecular formula is C97H143IN12O29S3. The highest BCUT2D eigenvalue weighted by atomic mass is 127. The predicted molar refractivity (Wildman–Crippen MR) is 538 cm³/mol. The van der Waals surface area contributed by atoms with Crippen LogP contribution in [0.3, 0.4) is 0 Å². The van der Waals surface area contributed by atoms with Crippen molar-refractivity contribution < 1.29 is 140 Å². The number of nitrogens with zero attached hydrogens (tertiary/aromatic N) is 1. The number of alkyl carbamates (subject to hydrolysis) is 2. The van der Waals surface area contributed by atoms with Crippen molar-refractivity contribution in [3.8, 4) is 29.1 Å². The number of anilines is 2. The van der Waals surface area contributed by atoms with E-state index in [4.69, 9.17) is 77.9 Å². The van der Waals surface area contributed by atoms with Gasteiger partial charge in [0.1, 0.15) is 61.3 Å². The van der Waals surface area contributed by atoms with Crippen LogP contribution < -0.4 is 73.7 Å². The Hall–Kier alpha value is -8.46. The molecule has 3 aromatic rings. The molecule has 3 aromatic carbocycles. The maximum absolute atomic E-state index is 14.9. The van der Waals surface area contributed by atoms with E-state index in [1.54, 1.807) is 149 Å². The van der Waals surface area contributed by atoms with Crippen LogP contribution >= 0.6 is 55.9 Å². The fourth-order valence-corrected chi connectivity index (χ4v) is 22.6. The van der Waals surface area contributed by atoms with Gasteiger partial charge in [0.25, 0.3) is 0 Å². The highest BCUT2D eigenvalue weighted by Gasteiger charge is 2.77. The summed E-state index contributed by atoms with van der Waals surface area (Å²) in [5, 5.41) is 81.0. The molecule has 2 saturated carbocycles. The number of hydroxylamine groups is 1. The van der Waals surface area contributed by atoms with Crippen molar-refractivity contribution in [3.05, 3.63) is 98.2 Å². The molecule has 10 amide bonds. The second-order valence-corrected chi connectivity index (χ2v) is 43.0. The van der Waals surface area contributed by atoms with E-state index < -0.39 is 227 Å². The summed E-state index contributed by atoms with van der Waals surface area (Å²) in [6.07, 6.45) is -13.4. The predicted octanol–water partition coefficient (Wildman–Crippen LogP) is 7.51. The highest BCUT2D eigenvalue weighted by Crippen LogP contribution is 2.70. The number of allylic oxidation sites excluding steroid dienone is 2. The summed E-state index contributed by atoms with van der Waals surface area (Å²) in [5.41, 5.74) is 11.9. The van der Waals surface area contributed by atoms with Crippen LogP contribution in [0.15, 0.2) is 72.3 Å². The van der Waals surface area contributed by atoms with Gasteiger partial charge in [0, 0.05) is 93.2 Å². The average Bonchev–Trinajstić information content (AvgIpc) is 1.49. The summed E-state index contributed by atoms with van der Waals surface area (Å²) >= 11 is 2.79. The average molecular weight is 2160 g/mol. The molecule has 2 aliphatic carbocycles. The number of ketones is 1. The number of nitrogens with one attached hydrogen (secondary N) is 9. The first-order chi connectivity index (χ1) is 67.2. The first-order valence-corrected chi connectivity index (χ1v) is 51.7. The van der Waals surface area contributed by atoms with Crippen LogP contribution in [0.25, 0.3) is 0 Å². The van der Waals surface area contributed by atoms with E-state index in [0.717, 1.165) is 11.8 Å². The topological polar surface area (TPSA) is 565 Å². The Kier molecular flexibility index (Phi) is 43.9. The van der Waals surface area contributed by atoms with Gasteiger partial charge >= 0.3 is 24.2 Å². The van der Waals surface area contributed by atoms with Crippen LogP contribution in [0.4, 0.5) is 30.6 Å². The number of hydrogen-bond acceptors (Lipinski definition) is 34. The number of likely N-dealkylation sites (N-methyl/N-ethyl adjacent to an activating group) is 1. The Morgan fingerprint density at radius 2 is 1.41 bits per heavy atom. The molecule has 6 aliphatic rings. The number of unbranched alkanes of at least 4 members (excludes halogenated alkanes) is 1. The van der Waals surface area contributed by atoms with E-state index in [2.05, 4.69) is 80.6 Å². The SMILES string of the molecule is C/C=C\C#CC12C(NC(=O)OC)C(=O)C[C@](O)(/C(=C/CSSC(C)(C)C)C1[C@H](C)O[C@@H]1O[C@H](C)[C@@H](NO[C@H]3C[C@H](O)[C@H](SC(=O)c4c(C)c(I)c(O[C@@H]5O[C@@H](C)[C@H](O)[C@@H](OC)[C@H]5O)c(OC)c4OC)[C@@H](C)O3)[C@H](O)[C@H]1O[C@H]1C[C@H](OC)[C@@H](N(CC)C(=O)Nc3ccc(CNC(=O)OCc4ccc(NC(=O)[C@@H](CCCNC(N)=O)NC(=O)C(NC(=O)[C@@H](CCCCN)NC(C)=O)C(C)C)cc4)cc3)CO1)C2(C)C. The van der Waals surface area contributed by atoms with Gasteiger partial charge in [-0.25, -0.2) is 19.2 Å². The molecule has 790 valence electrons. The van der Waals surface area contributed by atoms with Gasteiger partial charge in [0.05, 0.1) is 102 Å². The number of benzene rings is 3. The lowest BCUT2D eigenvalue weighted by Gasteiger charge is -2.53. The van der Waals surface area contributed by atoms with Gasteiger partial charge in [-0.15, -0.1) is 0 Å². The summed E-state index contributed by atoms with van der Waals surface area (Å²) in [4.78, 5) is 143. The standard InChI is InChI=1S/C97H143IN12O29S3/c1-21-23-25-39-96-70(60(38-42-140-142-94(11,12)13)97(125,95(96,14)15)45-65(113)83(96)108-93(124)130-20)51(6)134-89-80(75(115)73(52(7)135-89)109-139-68-43-64(112)82(54(9)133-68)141-87(120)69-50(5)71(98)78(81(129-19)77(69)127-17)138-88-76(116)79(128-18)74(114)53(8)136-88)137-67-44-66(126-16)63(48-131-67)110(22-2)91(122)105-59-34-30-56(31-35-59)46-102-92(123)132-47-57-32-36-58(37-33-57)104-84(117)62(29-27-41-101-90(100)121)106-86(119)72(49(3)4)107-85(118)61(103-55(10)111)28-24-26-40-99/h21,23,30-38,49,51-54,61-64,66-68,70,72-76,79-80,82-83,88-89,109,112,114-116,125H,22,24,26-29,40-48,99H2,1-20H3,(H,102,123)(H,103,111)(H,104,117)(H,105,122)(H,106,119)(H,107,118)(H,108,124)(H3,100,101,121)/b23-21-,60-38+/t51-,52+,53-,54+,61+,62+,63-,64-,66-,67-,68-,70?,72?,73+,74-,75-,76+,79+,80+,82+,83?,88-,89+,96?,97-/m0/s1. The van der Waals surface area contributed by atoms with Crippen molar-refractivity contribution in [2.75, 3.05) is 78.2 Å². The first kappa shape index (κ1) is 117. The minimum absolute atomic E-state index is 0.000730. The number of urea groups is 2. The Labute approximate surface area is 855 Å². The quantitative estimate of drug-likeness (QED) is 0.00650. The number of hydrogen-bond donors (Lipinski definition) is 16. The van der Waals surface area contributed by atoms with Crippen molar-refractivity contribution in [1.29, 1.82) is 0 Å². The molecule has 25 atom stereocenters. The normalized spacial score (nSPS) is 28.5. The molecule has 0 radical (unpaired) electrons. The Bertz CT molecular complexity index is 4930. The largest absolute Gasteiger partial charge is 0.492 e. The zero-order valence-corrected chi connectivity index (χ0v) is 88.7. The maximum atomic E-state index is 14.9. The minimum atomic E-state index is -1.87. The van der Waals surface area contributed by atoms with Crippen LogP contribution in [0.2, 0.25) is 0 Å². The number of methoxy groups -OCH3 is 5. The number of primary amides is 1. The molecule has 4 aliphatic heterocycles. The number of aliphatic hydroxyl groups is 5. The molecule has 18 N–H and O–H groups in total. The number of ether oxygens (including phenoxy) is 13. The van der Waals surface area contributed by atoms with Crippen LogP contribution in [-0.4, -0.2) is 301 Å². The van der Waals surface area contributed by atoms with E-state index in [9.17, 15) is 73.5 Å². The molecule has 4 heterocycles. The van der Waals surface area contributed by atoms with Crippen molar-refractivity contribution >= 4 is 126 Å². The number of Topliss-reactive ketones (excluding diaryl/α,β-unsaturated/α-hetero) is 1. The highest BCUT2D eigenvalue weighted by molar-refractivity contribution is 14.1. The number of amides is 10. The van der Waals surface area contributed by atoms with Crippen molar-refractivity contribution in [2.24, 2.45) is 34.1 Å². The molecule has 45 heteroatoms. The van der Waals surface area contributed by atoms with E-state index in [-0.39, 0.29) is 92.5 Å². The molecule has 4 saturated heterocycles. The van der Waals surface area contributed by atoms with Crippen LogP contribution in [-0.2, 0) is 89.3 Å². The van der Waals surface area contributed by atoms with E-state index in [1.165, 1.54) is 42.5 Å². The van der Waals surface area contributed by atoms with Crippen LogP contribution in [0, 0.1) is 45.0 Å². The second-order valence-electron chi connectivity index (χ2n) is 37.7. The number of fused-ring (bicyclic) bond motifs is 2. The summed E-state index contributed by atoms with van der Waals surface area (Å²) in [5.74, 6) is 2.71. The summed E-state index contributed by atoms with van der Waals surface area (Å²) < 4.78 is 80.2. The molecule has 0 aromatic heterocycles. The molecule has 2 bridgehead atoms. The van der Waals surface area contributed by atoms with Gasteiger partial charge in [-0.1, -0.05) is 130 Å². The maximum Gasteiger partial charge on any atom is 0.407 e. The fraction of sp³-hybridized carbons (Fsp3) is 0.649. The first-order valence-electron chi connectivity index (χ1n) is 47.4. The number of halogens is 1. The van der Waals surface area contributed by atoms with E-state index >= 15 is 0 Å². The van der Waals surface area contributed by atoms with Crippen molar-refractivity contribution in [1.82, 2.24) is 42.3 Å². The number of carbonyl (C=O) groups excluding carboxylic acids is 10. The van der Waals surface area contributed by atoms with Crippen LogP contribution in [0.1, 0.15) is 175 Å².